The summed E-state index contributed by atoms with van der Waals surface area (Å²) in [6.07, 6.45) is -8.56. The van der Waals surface area contributed by atoms with E-state index in [2.05, 4.69) is 14.8 Å². The first kappa shape index (κ1) is 23.7. The summed E-state index contributed by atoms with van der Waals surface area (Å²) in [5, 5.41) is 3.13. The van der Waals surface area contributed by atoms with Gasteiger partial charge in [-0.1, -0.05) is 19.6 Å². The van der Waals surface area contributed by atoms with Crippen molar-refractivity contribution in [3.8, 4) is 5.88 Å². The van der Waals surface area contributed by atoms with Crippen LogP contribution in [0.15, 0.2) is 10.5 Å². The molecule has 0 spiro atoms. The fourth-order valence-corrected chi connectivity index (χ4v) is 6.76. The Labute approximate surface area is 167 Å². The molecule has 0 saturated heterocycles. The SMILES string of the molecule is Cn1nc(C(F)(F)F)c(CS(=O)(=O)c2ncc([Si](C)(C)C)s2)c1OCC(F)(F)F. The van der Waals surface area contributed by atoms with E-state index in [0.717, 1.165) is 18.4 Å². The highest BCUT2D eigenvalue weighted by Gasteiger charge is 2.42. The van der Waals surface area contributed by atoms with Crippen molar-refractivity contribution in [1.29, 1.82) is 0 Å². The van der Waals surface area contributed by atoms with Crippen LogP contribution in [-0.4, -0.2) is 44.0 Å². The van der Waals surface area contributed by atoms with Gasteiger partial charge in [0, 0.05) is 17.7 Å². The molecular weight excluding hydrogens is 464 g/mol. The van der Waals surface area contributed by atoms with Gasteiger partial charge in [0.1, 0.15) is 0 Å². The van der Waals surface area contributed by atoms with Crippen LogP contribution in [0.5, 0.6) is 5.88 Å². The molecule has 164 valence electrons. The molecule has 0 aliphatic heterocycles. The van der Waals surface area contributed by atoms with Gasteiger partial charge in [-0.2, -0.15) is 31.4 Å². The van der Waals surface area contributed by atoms with Crippen LogP contribution >= 0.6 is 11.3 Å². The van der Waals surface area contributed by atoms with Gasteiger partial charge in [0.15, 0.2) is 12.3 Å². The van der Waals surface area contributed by atoms with Gasteiger partial charge >= 0.3 is 12.4 Å². The van der Waals surface area contributed by atoms with Crippen LogP contribution in [0.4, 0.5) is 26.3 Å². The molecule has 0 aliphatic carbocycles. The Bertz CT molecular complexity index is 990. The van der Waals surface area contributed by atoms with Gasteiger partial charge in [0.2, 0.25) is 20.1 Å². The molecule has 2 heterocycles. The molecule has 0 amide bonds. The van der Waals surface area contributed by atoms with E-state index in [-0.39, 0.29) is 0 Å². The van der Waals surface area contributed by atoms with Crippen molar-refractivity contribution in [2.45, 2.75) is 42.1 Å². The van der Waals surface area contributed by atoms with E-state index in [1.165, 1.54) is 6.20 Å². The first-order valence-electron chi connectivity index (χ1n) is 7.93. The lowest BCUT2D eigenvalue weighted by atomic mass is 10.2. The smallest absolute Gasteiger partial charge is 0.435 e. The number of halogens is 6. The second kappa shape index (κ2) is 7.57. The monoisotopic (exact) mass is 481 g/mol. The summed E-state index contributed by atoms with van der Waals surface area (Å²) in [7, 11) is -5.37. The maximum absolute atomic E-state index is 13.3. The second-order valence-electron chi connectivity index (χ2n) is 7.16. The quantitative estimate of drug-likeness (QED) is 0.467. The fourth-order valence-electron chi connectivity index (χ4n) is 2.24. The molecule has 6 nitrogen and oxygen atoms in total. The molecule has 0 atom stereocenters. The van der Waals surface area contributed by atoms with Crippen LogP contribution in [0.3, 0.4) is 0 Å². The third-order valence-electron chi connectivity index (χ3n) is 3.55. The van der Waals surface area contributed by atoms with Gasteiger partial charge in [-0.05, 0) is 0 Å². The highest BCUT2D eigenvalue weighted by atomic mass is 32.2. The summed E-state index contributed by atoms with van der Waals surface area (Å²) in [4.78, 5) is 3.80. The number of aromatic nitrogens is 3. The Hall–Kier alpha value is -1.61. The fraction of sp³-hybridized carbons (Fsp3) is 0.571. The number of alkyl halides is 6. The van der Waals surface area contributed by atoms with Crippen LogP contribution < -0.4 is 9.24 Å². The molecule has 0 fully saturated rings. The summed E-state index contributed by atoms with van der Waals surface area (Å²) >= 11 is 0.843. The number of thiazole rings is 1. The van der Waals surface area contributed by atoms with Crippen molar-refractivity contribution in [2.24, 2.45) is 7.05 Å². The van der Waals surface area contributed by atoms with E-state index in [1.807, 2.05) is 19.6 Å². The lowest BCUT2D eigenvalue weighted by Gasteiger charge is -2.12. The van der Waals surface area contributed by atoms with Crippen LogP contribution in [-0.2, 0) is 28.8 Å². The number of ether oxygens (including phenoxy) is 1. The predicted molar refractivity (Wildman–Crippen MR) is 95.7 cm³/mol. The average molecular weight is 482 g/mol. The zero-order chi connectivity index (χ0) is 22.4. The van der Waals surface area contributed by atoms with E-state index in [0.29, 0.717) is 9.18 Å². The first-order valence-corrected chi connectivity index (χ1v) is 13.9. The molecule has 0 aromatic carbocycles. The summed E-state index contributed by atoms with van der Waals surface area (Å²) < 4.78 is 108. The van der Waals surface area contributed by atoms with Gasteiger partial charge in [-0.15, -0.1) is 11.3 Å². The number of hydrogen-bond acceptors (Lipinski definition) is 6. The summed E-state index contributed by atoms with van der Waals surface area (Å²) in [6, 6.07) is 0. The Morgan fingerprint density at radius 3 is 2.21 bits per heavy atom. The highest BCUT2D eigenvalue weighted by Crippen LogP contribution is 2.38. The summed E-state index contributed by atoms with van der Waals surface area (Å²) in [5.41, 5.74) is -2.61. The third kappa shape index (κ3) is 5.72. The van der Waals surface area contributed by atoms with E-state index < -0.39 is 64.1 Å². The first-order chi connectivity index (χ1) is 12.9. The minimum atomic E-state index is -5.09. The Kier molecular flexibility index (Phi) is 6.18. The maximum atomic E-state index is 13.3. The minimum Gasteiger partial charge on any atom is -0.468 e. The topological polar surface area (TPSA) is 74.1 Å². The summed E-state index contributed by atoms with van der Waals surface area (Å²) in [5.74, 6) is -2.16. The second-order valence-corrected chi connectivity index (χ2v) is 15.8. The molecule has 0 aliphatic rings. The number of rotatable bonds is 6. The van der Waals surface area contributed by atoms with Crippen molar-refractivity contribution in [1.82, 2.24) is 14.8 Å². The van der Waals surface area contributed by atoms with E-state index in [1.54, 1.807) is 0 Å². The number of sulfone groups is 1. The van der Waals surface area contributed by atoms with Crippen LogP contribution in [0.25, 0.3) is 0 Å². The van der Waals surface area contributed by atoms with Crippen molar-refractivity contribution < 1.29 is 39.5 Å². The van der Waals surface area contributed by atoms with Gasteiger partial charge < -0.3 is 4.74 Å². The van der Waals surface area contributed by atoms with Crippen LogP contribution in [0.1, 0.15) is 11.3 Å². The highest BCUT2D eigenvalue weighted by molar-refractivity contribution is 7.92. The molecule has 0 unspecified atom stereocenters. The van der Waals surface area contributed by atoms with Gasteiger partial charge in [0.05, 0.1) is 19.4 Å². The largest absolute Gasteiger partial charge is 0.468 e. The summed E-state index contributed by atoms with van der Waals surface area (Å²) in [6.45, 7) is 3.91. The number of hydrogen-bond donors (Lipinski definition) is 0. The van der Waals surface area contributed by atoms with Crippen molar-refractivity contribution in [3.05, 3.63) is 17.5 Å². The Morgan fingerprint density at radius 1 is 1.17 bits per heavy atom. The molecule has 2 rings (SSSR count). The molecule has 0 N–H and O–H groups in total. The van der Waals surface area contributed by atoms with E-state index in [4.69, 9.17) is 0 Å². The Balaban J connectivity index is 2.50. The molecule has 29 heavy (non-hydrogen) atoms. The third-order valence-corrected chi connectivity index (χ3v) is 10.2. The van der Waals surface area contributed by atoms with Crippen LogP contribution in [0, 0.1) is 0 Å². The number of nitrogens with zero attached hydrogens (tertiary/aromatic N) is 3. The van der Waals surface area contributed by atoms with Gasteiger partial charge in [-0.25, -0.2) is 18.1 Å². The molecule has 0 saturated carbocycles. The lowest BCUT2D eigenvalue weighted by Crippen LogP contribution is -2.34. The van der Waals surface area contributed by atoms with Crippen molar-refractivity contribution in [3.63, 3.8) is 0 Å². The molecule has 0 bridgehead atoms. The molecule has 15 heteroatoms. The molecule has 2 aromatic rings. The maximum Gasteiger partial charge on any atom is 0.435 e. The van der Waals surface area contributed by atoms with Crippen molar-refractivity contribution >= 4 is 33.7 Å². The van der Waals surface area contributed by atoms with E-state index in [9.17, 15) is 34.8 Å². The standard InChI is InChI=1S/C14H17F6N3O3S2Si/c1-23-11(26-7-13(15,16)17)8(10(22-23)14(18,19)20)6-28(24,25)12-21-5-9(27-12)29(2,3)4/h5H,6-7H2,1-4H3. The van der Waals surface area contributed by atoms with Crippen LogP contribution in [0.2, 0.25) is 19.6 Å². The van der Waals surface area contributed by atoms with E-state index >= 15 is 0 Å². The van der Waals surface area contributed by atoms with Gasteiger partial charge in [0.25, 0.3) is 0 Å². The normalized spacial score (nSPS) is 13.7. The average Bonchev–Trinajstić information content (AvgIpc) is 3.09. The zero-order valence-corrected chi connectivity index (χ0v) is 18.3. The molecule has 2 aromatic heterocycles. The molecule has 0 radical (unpaired) electrons. The predicted octanol–water partition coefficient (Wildman–Crippen LogP) is 3.36. The van der Waals surface area contributed by atoms with Gasteiger partial charge in [-0.3, -0.25) is 0 Å². The molecular formula is C14H17F6N3O3S2Si. The van der Waals surface area contributed by atoms with Crippen molar-refractivity contribution in [2.75, 3.05) is 6.61 Å². The number of aryl methyl sites for hydroxylation is 1. The Morgan fingerprint density at radius 2 is 1.76 bits per heavy atom. The lowest BCUT2D eigenvalue weighted by molar-refractivity contribution is -0.154. The zero-order valence-electron chi connectivity index (χ0n) is 15.6. The minimum absolute atomic E-state index is 0.409.